The molecule has 0 aliphatic carbocycles. The Morgan fingerprint density at radius 2 is 1.84 bits per heavy atom. The number of hydrogen-bond donors (Lipinski definition) is 1. The molecule has 3 rings (SSSR count). The van der Waals surface area contributed by atoms with Gasteiger partial charge in [-0.2, -0.15) is 0 Å². The number of rotatable bonds is 5. The fourth-order valence-electron chi connectivity index (χ4n) is 2.94. The highest BCUT2D eigenvalue weighted by atomic mass is 16.7. The van der Waals surface area contributed by atoms with Crippen LogP contribution in [0.2, 0.25) is 0 Å². The van der Waals surface area contributed by atoms with Crippen LogP contribution < -0.4 is 5.32 Å². The summed E-state index contributed by atoms with van der Waals surface area (Å²) >= 11 is 0. The summed E-state index contributed by atoms with van der Waals surface area (Å²) in [6.45, 7) is 4.37. The molecule has 1 aliphatic rings. The summed E-state index contributed by atoms with van der Waals surface area (Å²) in [4.78, 5) is 22.9. The van der Waals surface area contributed by atoms with Crippen LogP contribution in [0.25, 0.3) is 0 Å². The Morgan fingerprint density at radius 3 is 2.56 bits per heavy atom. The second kappa shape index (κ2) is 7.07. The van der Waals surface area contributed by atoms with Gasteiger partial charge in [0.25, 0.3) is 0 Å². The first kappa shape index (κ1) is 17.2. The van der Waals surface area contributed by atoms with Crippen molar-refractivity contribution in [2.45, 2.75) is 32.5 Å². The zero-order valence-corrected chi connectivity index (χ0v) is 14.8. The molecule has 2 aromatic carbocycles. The molecule has 1 atom stereocenters. The quantitative estimate of drug-likeness (QED) is 0.912. The number of carbonyl (C=O) groups excluding carboxylic acids is 1. The number of benzene rings is 2. The average molecular weight is 337 g/mol. The lowest BCUT2D eigenvalue weighted by Crippen LogP contribution is -2.35. The fourth-order valence-corrected chi connectivity index (χ4v) is 2.94. The fraction of sp³-hybridized carbons (Fsp3) is 0.300. The molecule has 0 aromatic heterocycles. The zero-order valence-electron chi connectivity index (χ0n) is 14.8. The third-order valence-corrected chi connectivity index (χ3v) is 4.18. The Balaban J connectivity index is 1.67. The molecule has 0 bridgehead atoms. The van der Waals surface area contributed by atoms with Gasteiger partial charge >= 0.3 is 0 Å². The number of aryl methyl sites for hydroxylation is 1. The Bertz CT molecular complexity index is 789. The maximum absolute atomic E-state index is 12.3. The predicted molar refractivity (Wildman–Crippen MR) is 97.9 cm³/mol. The van der Waals surface area contributed by atoms with E-state index in [-0.39, 0.29) is 12.3 Å². The molecule has 0 radical (unpaired) electrons. The standard InChI is InChI=1S/C20H23N3O2/c1-15-9-7-8-12-17(15)19-22-20(2,25-23(19)3)13-18(24)21-14-16-10-5-4-6-11-16/h4-12H,13-14H2,1-3H3,(H,21,24). The Labute approximate surface area is 148 Å². The second-order valence-corrected chi connectivity index (χ2v) is 6.45. The van der Waals surface area contributed by atoms with Gasteiger partial charge in [-0.25, -0.2) is 14.9 Å². The lowest BCUT2D eigenvalue weighted by molar-refractivity contribution is -0.166. The molecule has 1 unspecified atom stereocenters. The van der Waals surface area contributed by atoms with E-state index in [9.17, 15) is 4.79 Å². The van der Waals surface area contributed by atoms with E-state index >= 15 is 0 Å². The van der Waals surface area contributed by atoms with Gasteiger partial charge in [0.15, 0.2) is 11.6 Å². The second-order valence-electron chi connectivity index (χ2n) is 6.45. The lowest BCUT2D eigenvalue weighted by Gasteiger charge is -2.21. The summed E-state index contributed by atoms with van der Waals surface area (Å²) in [6, 6.07) is 17.8. The van der Waals surface area contributed by atoms with Gasteiger partial charge in [-0.05, 0) is 25.0 Å². The summed E-state index contributed by atoms with van der Waals surface area (Å²) in [5.41, 5.74) is 2.30. The van der Waals surface area contributed by atoms with Gasteiger partial charge in [0.2, 0.25) is 5.91 Å². The molecule has 5 heteroatoms. The van der Waals surface area contributed by atoms with Crippen molar-refractivity contribution in [3.63, 3.8) is 0 Å². The van der Waals surface area contributed by atoms with Crippen molar-refractivity contribution in [3.05, 3.63) is 71.3 Å². The van der Waals surface area contributed by atoms with Crippen molar-refractivity contribution >= 4 is 11.7 Å². The molecule has 1 heterocycles. The normalized spacial score (nSPS) is 19.6. The monoisotopic (exact) mass is 337 g/mol. The Morgan fingerprint density at radius 1 is 1.16 bits per heavy atom. The van der Waals surface area contributed by atoms with Crippen molar-refractivity contribution in [1.29, 1.82) is 0 Å². The largest absolute Gasteiger partial charge is 0.352 e. The van der Waals surface area contributed by atoms with E-state index in [1.807, 2.05) is 75.5 Å². The summed E-state index contributed by atoms with van der Waals surface area (Å²) in [7, 11) is 1.82. The van der Waals surface area contributed by atoms with Crippen LogP contribution in [0.3, 0.4) is 0 Å². The number of nitrogens with zero attached hydrogens (tertiary/aromatic N) is 2. The lowest BCUT2D eigenvalue weighted by atomic mass is 10.1. The first-order chi connectivity index (χ1) is 12.0. The van der Waals surface area contributed by atoms with Crippen LogP contribution in [0.4, 0.5) is 0 Å². The molecule has 1 N–H and O–H groups in total. The van der Waals surface area contributed by atoms with Crippen molar-refractivity contribution < 1.29 is 9.63 Å². The van der Waals surface area contributed by atoms with E-state index < -0.39 is 5.72 Å². The summed E-state index contributed by atoms with van der Waals surface area (Å²) in [5.74, 6) is 0.658. The number of carbonyl (C=O) groups is 1. The highest BCUT2D eigenvalue weighted by Gasteiger charge is 2.38. The minimum atomic E-state index is -0.896. The molecular weight excluding hydrogens is 314 g/mol. The highest BCUT2D eigenvalue weighted by molar-refractivity contribution is 6.00. The van der Waals surface area contributed by atoms with E-state index in [1.165, 1.54) is 0 Å². The molecule has 1 amide bonds. The van der Waals surface area contributed by atoms with Gasteiger partial charge in [-0.3, -0.25) is 4.79 Å². The smallest absolute Gasteiger partial charge is 0.225 e. The average Bonchev–Trinajstić information content (AvgIpc) is 2.88. The van der Waals surface area contributed by atoms with Gasteiger partial charge in [0, 0.05) is 19.2 Å². The molecule has 0 spiro atoms. The predicted octanol–water partition coefficient (Wildman–Crippen LogP) is 3.04. The van der Waals surface area contributed by atoms with E-state index in [4.69, 9.17) is 4.84 Å². The molecule has 0 saturated carbocycles. The van der Waals surface area contributed by atoms with Crippen molar-refractivity contribution in [3.8, 4) is 0 Å². The summed E-state index contributed by atoms with van der Waals surface area (Å²) in [6.07, 6.45) is 0.166. The number of amides is 1. The van der Waals surface area contributed by atoms with Gasteiger partial charge in [0.05, 0.1) is 6.42 Å². The van der Waals surface area contributed by atoms with Gasteiger partial charge < -0.3 is 5.32 Å². The topological polar surface area (TPSA) is 53.9 Å². The Hall–Kier alpha value is -2.66. The van der Waals surface area contributed by atoms with Crippen LogP contribution in [0.1, 0.15) is 30.0 Å². The van der Waals surface area contributed by atoms with E-state index in [2.05, 4.69) is 10.3 Å². The molecule has 1 aliphatic heterocycles. The molecule has 0 saturated heterocycles. The number of hydroxylamine groups is 2. The third kappa shape index (κ3) is 4.06. The zero-order chi connectivity index (χ0) is 17.9. The highest BCUT2D eigenvalue weighted by Crippen LogP contribution is 2.28. The van der Waals surface area contributed by atoms with Gasteiger partial charge in [-0.15, -0.1) is 0 Å². The van der Waals surface area contributed by atoms with Crippen LogP contribution in [0.15, 0.2) is 59.6 Å². The van der Waals surface area contributed by atoms with E-state index in [0.717, 1.165) is 22.5 Å². The molecule has 25 heavy (non-hydrogen) atoms. The first-order valence-corrected chi connectivity index (χ1v) is 8.36. The van der Waals surface area contributed by atoms with E-state index in [0.29, 0.717) is 6.54 Å². The number of aliphatic imine (C=N–C) groups is 1. The molecule has 130 valence electrons. The summed E-state index contributed by atoms with van der Waals surface area (Å²) in [5, 5.41) is 4.57. The van der Waals surface area contributed by atoms with Crippen LogP contribution in [-0.4, -0.2) is 29.6 Å². The minimum Gasteiger partial charge on any atom is -0.352 e. The summed E-state index contributed by atoms with van der Waals surface area (Å²) < 4.78 is 0. The van der Waals surface area contributed by atoms with Crippen molar-refractivity contribution in [2.24, 2.45) is 4.99 Å². The Kier molecular flexibility index (Phi) is 4.86. The van der Waals surface area contributed by atoms with Gasteiger partial charge in [0.1, 0.15) is 0 Å². The molecule has 2 aromatic rings. The number of hydrogen-bond acceptors (Lipinski definition) is 4. The molecule has 0 fully saturated rings. The van der Waals surface area contributed by atoms with Gasteiger partial charge in [-0.1, -0.05) is 54.6 Å². The third-order valence-electron chi connectivity index (χ3n) is 4.18. The van der Waals surface area contributed by atoms with Crippen LogP contribution in [0, 0.1) is 6.92 Å². The maximum atomic E-state index is 12.3. The maximum Gasteiger partial charge on any atom is 0.225 e. The van der Waals surface area contributed by atoms with Crippen LogP contribution in [0.5, 0.6) is 0 Å². The van der Waals surface area contributed by atoms with Crippen molar-refractivity contribution in [1.82, 2.24) is 10.4 Å². The number of nitrogens with one attached hydrogen (secondary N) is 1. The molecule has 5 nitrogen and oxygen atoms in total. The minimum absolute atomic E-state index is 0.0884. The van der Waals surface area contributed by atoms with E-state index in [1.54, 1.807) is 5.06 Å². The van der Waals surface area contributed by atoms with Crippen LogP contribution in [-0.2, 0) is 16.2 Å². The van der Waals surface area contributed by atoms with Crippen LogP contribution >= 0.6 is 0 Å². The number of amidine groups is 1. The van der Waals surface area contributed by atoms with Crippen molar-refractivity contribution in [2.75, 3.05) is 7.05 Å². The molecular formula is C20H23N3O2. The first-order valence-electron chi connectivity index (χ1n) is 8.36. The SMILES string of the molecule is Cc1ccccc1C1=NC(C)(CC(=O)NCc2ccccc2)ON1C.